The first-order valence-electron chi connectivity index (χ1n) is 9.41. The van der Waals surface area contributed by atoms with Crippen molar-refractivity contribution in [3.05, 3.63) is 84.2 Å². The maximum absolute atomic E-state index is 12.2. The number of aromatic nitrogens is 1. The van der Waals surface area contributed by atoms with Crippen LogP contribution in [0, 0.1) is 6.92 Å². The van der Waals surface area contributed by atoms with Gasteiger partial charge in [0, 0.05) is 30.2 Å². The van der Waals surface area contributed by atoms with Crippen LogP contribution >= 0.6 is 0 Å². The van der Waals surface area contributed by atoms with Crippen molar-refractivity contribution in [1.82, 2.24) is 4.98 Å². The van der Waals surface area contributed by atoms with Crippen LogP contribution in [-0.4, -0.2) is 23.4 Å². The summed E-state index contributed by atoms with van der Waals surface area (Å²) in [5, 5.41) is 5.64. The molecule has 2 N–H and O–H groups in total. The van der Waals surface area contributed by atoms with Crippen molar-refractivity contribution in [3.63, 3.8) is 0 Å². The van der Waals surface area contributed by atoms with Gasteiger partial charge in [0.1, 0.15) is 5.75 Å². The number of carbonyl (C=O) groups excluding carboxylic acids is 2. The summed E-state index contributed by atoms with van der Waals surface area (Å²) in [6, 6.07) is 18.2. The number of aryl methyl sites for hydroxylation is 1. The molecule has 1 aromatic heterocycles. The SMILES string of the molecule is Cc1ccc(OCCCC(=O)Nc2cccc(NC(=O)c3cccnc3)c2)cc1. The number of amides is 2. The molecule has 3 rings (SSSR count). The molecule has 1 heterocycles. The lowest BCUT2D eigenvalue weighted by atomic mass is 10.2. The van der Waals surface area contributed by atoms with Crippen molar-refractivity contribution in [1.29, 1.82) is 0 Å². The summed E-state index contributed by atoms with van der Waals surface area (Å²) in [5.41, 5.74) is 2.86. The zero-order chi connectivity index (χ0) is 20.5. The molecule has 6 nitrogen and oxygen atoms in total. The first-order valence-corrected chi connectivity index (χ1v) is 9.41. The van der Waals surface area contributed by atoms with Crippen LogP contribution < -0.4 is 15.4 Å². The van der Waals surface area contributed by atoms with Crippen molar-refractivity contribution in [2.75, 3.05) is 17.2 Å². The highest BCUT2D eigenvalue weighted by molar-refractivity contribution is 6.04. The van der Waals surface area contributed by atoms with Gasteiger partial charge in [-0.25, -0.2) is 0 Å². The number of rotatable bonds is 8. The molecule has 6 heteroatoms. The summed E-state index contributed by atoms with van der Waals surface area (Å²) in [6.45, 7) is 2.49. The second-order valence-electron chi connectivity index (χ2n) is 6.59. The Morgan fingerprint density at radius 2 is 1.72 bits per heavy atom. The number of benzene rings is 2. The van der Waals surface area contributed by atoms with E-state index in [0.29, 0.717) is 36.4 Å². The molecule has 0 radical (unpaired) electrons. The number of carbonyl (C=O) groups is 2. The quantitative estimate of drug-likeness (QED) is 0.558. The molecule has 0 saturated carbocycles. The van der Waals surface area contributed by atoms with Gasteiger partial charge in [0.05, 0.1) is 12.2 Å². The van der Waals surface area contributed by atoms with Crippen molar-refractivity contribution < 1.29 is 14.3 Å². The van der Waals surface area contributed by atoms with Gasteiger partial charge in [-0.3, -0.25) is 14.6 Å². The van der Waals surface area contributed by atoms with E-state index in [2.05, 4.69) is 15.6 Å². The third-order valence-corrected chi connectivity index (χ3v) is 4.17. The fraction of sp³-hybridized carbons (Fsp3) is 0.174. The van der Waals surface area contributed by atoms with Crippen molar-refractivity contribution >= 4 is 23.2 Å². The van der Waals surface area contributed by atoms with Crippen LogP contribution in [0.4, 0.5) is 11.4 Å². The van der Waals surface area contributed by atoms with E-state index >= 15 is 0 Å². The minimum atomic E-state index is -0.255. The van der Waals surface area contributed by atoms with E-state index in [-0.39, 0.29) is 11.8 Å². The van der Waals surface area contributed by atoms with Gasteiger partial charge in [-0.05, 0) is 55.8 Å². The molecular formula is C23H23N3O3. The van der Waals surface area contributed by atoms with Gasteiger partial charge in [0.25, 0.3) is 5.91 Å². The van der Waals surface area contributed by atoms with Crippen LogP contribution in [0.5, 0.6) is 5.75 Å². The van der Waals surface area contributed by atoms with Gasteiger partial charge < -0.3 is 15.4 Å². The van der Waals surface area contributed by atoms with E-state index < -0.39 is 0 Å². The Morgan fingerprint density at radius 3 is 2.45 bits per heavy atom. The van der Waals surface area contributed by atoms with Crippen molar-refractivity contribution in [3.8, 4) is 5.75 Å². The molecule has 2 aromatic carbocycles. The van der Waals surface area contributed by atoms with E-state index in [4.69, 9.17) is 4.74 Å². The summed E-state index contributed by atoms with van der Waals surface area (Å²) >= 11 is 0. The number of ether oxygens (including phenoxy) is 1. The van der Waals surface area contributed by atoms with Gasteiger partial charge in [-0.15, -0.1) is 0 Å². The van der Waals surface area contributed by atoms with Gasteiger partial charge in [-0.1, -0.05) is 23.8 Å². The Hall–Kier alpha value is -3.67. The minimum absolute atomic E-state index is 0.103. The van der Waals surface area contributed by atoms with E-state index in [9.17, 15) is 9.59 Å². The summed E-state index contributed by atoms with van der Waals surface area (Å²) in [5.74, 6) is 0.441. The molecule has 0 spiro atoms. The average Bonchev–Trinajstić information content (AvgIpc) is 2.73. The summed E-state index contributed by atoms with van der Waals surface area (Å²) in [7, 11) is 0. The zero-order valence-corrected chi connectivity index (χ0v) is 16.2. The van der Waals surface area contributed by atoms with Gasteiger partial charge in [0.2, 0.25) is 5.91 Å². The van der Waals surface area contributed by atoms with Crippen molar-refractivity contribution in [2.45, 2.75) is 19.8 Å². The lowest BCUT2D eigenvalue weighted by Crippen LogP contribution is -2.14. The van der Waals surface area contributed by atoms with Gasteiger partial charge >= 0.3 is 0 Å². The molecule has 0 aliphatic rings. The maximum Gasteiger partial charge on any atom is 0.257 e. The van der Waals surface area contributed by atoms with E-state index in [1.165, 1.54) is 11.8 Å². The third-order valence-electron chi connectivity index (χ3n) is 4.17. The summed E-state index contributed by atoms with van der Waals surface area (Å²) in [4.78, 5) is 28.3. The number of anilines is 2. The molecule has 0 unspecified atom stereocenters. The minimum Gasteiger partial charge on any atom is -0.494 e. The fourth-order valence-electron chi connectivity index (χ4n) is 2.66. The molecule has 0 aliphatic carbocycles. The lowest BCUT2D eigenvalue weighted by Gasteiger charge is -2.09. The monoisotopic (exact) mass is 389 g/mol. The highest BCUT2D eigenvalue weighted by Crippen LogP contribution is 2.17. The molecule has 0 fully saturated rings. The summed E-state index contributed by atoms with van der Waals surface area (Å²) in [6.07, 6.45) is 4.06. The van der Waals surface area contributed by atoms with Crippen LogP contribution in [-0.2, 0) is 4.79 Å². The molecule has 0 saturated heterocycles. The van der Waals surface area contributed by atoms with Crippen LogP contribution in [0.2, 0.25) is 0 Å². The Kier molecular flexibility index (Phi) is 6.95. The molecule has 0 aliphatic heterocycles. The van der Waals surface area contributed by atoms with Crippen LogP contribution in [0.25, 0.3) is 0 Å². The predicted molar refractivity (Wildman–Crippen MR) is 113 cm³/mol. The molecule has 0 atom stereocenters. The smallest absolute Gasteiger partial charge is 0.257 e. The number of hydrogen-bond acceptors (Lipinski definition) is 4. The fourth-order valence-corrected chi connectivity index (χ4v) is 2.66. The van der Waals surface area contributed by atoms with E-state index in [1.54, 1.807) is 42.6 Å². The van der Waals surface area contributed by atoms with Gasteiger partial charge in [-0.2, -0.15) is 0 Å². The number of hydrogen-bond donors (Lipinski definition) is 2. The first-order chi connectivity index (χ1) is 14.1. The molecule has 2 amide bonds. The molecule has 148 valence electrons. The van der Waals surface area contributed by atoms with Crippen LogP contribution in [0.1, 0.15) is 28.8 Å². The Balaban J connectivity index is 1.45. The topological polar surface area (TPSA) is 80.3 Å². The lowest BCUT2D eigenvalue weighted by molar-refractivity contribution is -0.116. The van der Waals surface area contributed by atoms with Crippen LogP contribution in [0.3, 0.4) is 0 Å². The first kappa shape index (κ1) is 20.1. The second kappa shape index (κ2) is 10.0. The molecular weight excluding hydrogens is 366 g/mol. The Bertz CT molecular complexity index is 957. The standard InChI is InChI=1S/C23H23N3O3/c1-17-9-11-21(12-10-17)29-14-4-8-22(27)25-19-6-2-7-20(15-19)26-23(28)18-5-3-13-24-16-18/h2-3,5-7,9-13,15-16H,4,8,14H2,1H3,(H,25,27)(H,26,28). The zero-order valence-electron chi connectivity index (χ0n) is 16.2. The Morgan fingerprint density at radius 1 is 0.966 bits per heavy atom. The predicted octanol–water partition coefficient (Wildman–Crippen LogP) is 4.44. The number of nitrogens with zero attached hydrogens (tertiary/aromatic N) is 1. The molecule has 29 heavy (non-hydrogen) atoms. The number of nitrogens with one attached hydrogen (secondary N) is 2. The van der Waals surface area contributed by atoms with Crippen molar-refractivity contribution in [2.24, 2.45) is 0 Å². The van der Waals surface area contributed by atoms with Gasteiger partial charge in [0.15, 0.2) is 0 Å². The molecule has 0 bridgehead atoms. The Labute approximate surface area is 169 Å². The third kappa shape index (κ3) is 6.46. The maximum atomic E-state index is 12.2. The highest BCUT2D eigenvalue weighted by Gasteiger charge is 2.07. The second-order valence-corrected chi connectivity index (χ2v) is 6.59. The van der Waals surface area contributed by atoms with E-state index in [0.717, 1.165) is 5.75 Å². The average molecular weight is 389 g/mol. The van der Waals surface area contributed by atoms with E-state index in [1.807, 2.05) is 31.2 Å². The largest absolute Gasteiger partial charge is 0.494 e. The highest BCUT2D eigenvalue weighted by atomic mass is 16.5. The summed E-state index contributed by atoms with van der Waals surface area (Å²) < 4.78 is 5.63. The number of pyridine rings is 1. The normalized spacial score (nSPS) is 10.2. The molecule has 3 aromatic rings. The van der Waals surface area contributed by atoms with Crippen LogP contribution in [0.15, 0.2) is 73.1 Å².